The van der Waals surface area contributed by atoms with Crippen molar-refractivity contribution in [3.8, 4) is 0 Å². The number of hydrogen-bond donors (Lipinski definition) is 3. The van der Waals surface area contributed by atoms with Crippen LogP contribution in [0.1, 0.15) is 125 Å². The van der Waals surface area contributed by atoms with Gasteiger partial charge in [0.05, 0.1) is 72.9 Å². The number of amides is 5. The Hall–Kier alpha value is -3.90. The summed E-state index contributed by atoms with van der Waals surface area (Å²) in [6.45, 7) is 16.1. The van der Waals surface area contributed by atoms with Gasteiger partial charge in [-0.3, -0.25) is 24.0 Å². The summed E-state index contributed by atoms with van der Waals surface area (Å²) in [6, 6.07) is 6.76. The molecular formula is C53H86BrN5O11. The van der Waals surface area contributed by atoms with E-state index in [1.54, 1.807) is 52.0 Å². The maximum absolute atomic E-state index is 14.8. The fraction of sp³-hybridized carbons (Fsp3) is 0.736. The Balaban J connectivity index is 1.76. The molecule has 2 aliphatic rings. The van der Waals surface area contributed by atoms with Crippen LogP contribution in [0.3, 0.4) is 0 Å². The summed E-state index contributed by atoms with van der Waals surface area (Å²) in [7, 11) is 6.35. The zero-order valence-corrected chi connectivity index (χ0v) is 45.7. The van der Waals surface area contributed by atoms with Crippen molar-refractivity contribution in [1.82, 2.24) is 25.3 Å². The number of nitrogens with zero attached hydrogens (tertiary/aromatic N) is 3. The molecule has 0 saturated carbocycles. The predicted octanol–water partition coefficient (Wildman–Crippen LogP) is 6.86. The molecule has 1 aromatic carbocycles. The number of nitrogens with one attached hydrogen (secondary N) is 2. The van der Waals surface area contributed by atoms with Crippen LogP contribution in [0, 0.1) is 29.6 Å². The van der Waals surface area contributed by atoms with E-state index in [1.165, 1.54) is 4.90 Å². The van der Waals surface area contributed by atoms with Crippen molar-refractivity contribution in [2.75, 3.05) is 53.3 Å². The summed E-state index contributed by atoms with van der Waals surface area (Å²) in [6.07, 6.45) is 4.97. The molecule has 0 radical (unpaired) electrons. The standard InChI is InChI=1S/C53H86BrN5O11/c1-13-35(6)48(44(67-11)31-46(62)59-28-21-24-40(59)50(68-12)36(7)51(64)56-37(8)49(63)38-22-17-16-18-23-38)57(9)52(65)39(33(2)3)30-41(60)47(34(4)5)58(10)53(66)70-43-26-20-15-14-19-25-42(43)69-29-27-55-45(61)32-54/h16-18,20,22-23,26,33-37,39-40,42-44,47-50,63H,13-15,19,21,24-25,27-32H2,1-12H3,(H,55,61)(H,56,64)/b26-20+/t35-,36+,37+,39+,40-,42?,43?,44+,47-,48-,49+,50+/m0/s1. The van der Waals surface area contributed by atoms with Gasteiger partial charge >= 0.3 is 6.09 Å². The maximum atomic E-state index is 14.8. The second-order valence-electron chi connectivity index (χ2n) is 20.0. The normalized spacial score (nSPS) is 21.7. The Labute approximate surface area is 426 Å². The van der Waals surface area contributed by atoms with Crippen molar-refractivity contribution in [1.29, 1.82) is 0 Å². The van der Waals surface area contributed by atoms with Crippen LogP contribution in [0.25, 0.3) is 0 Å². The number of halogens is 1. The SMILES string of the molecule is CC[C@H](C)[C@@H]([C@@H](CC(=O)N1CCC[C@H]1[C@H](OC)[C@@H](C)C(=O)N[C@H](C)[C@@H](O)c1ccccc1)OC)N(C)C(=O)[C@H](CC(=O)[C@H](C(C)C)N(C)C(=O)OC1/C=C/CCCCC1OCCNC(=O)CBr)C(C)C. The van der Waals surface area contributed by atoms with E-state index in [0.717, 1.165) is 25.7 Å². The topological polar surface area (TPSA) is 193 Å². The van der Waals surface area contributed by atoms with Crippen molar-refractivity contribution in [2.45, 2.75) is 168 Å². The largest absolute Gasteiger partial charge is 0.439 e. The second-order valence-corrected chi connectivity index (χ2v) is 20.6. The minimum atomic E-state index is -0.907. The Bertz CT molecular complexity index is 1840. The average molecular weight is 1050 g/mol. The smallest absolute Gasteiger partial charge is 0.410 e. The lowest BCUT2D eigenvalue weighted by Crippen LogP contribution is -2.55. The highest BCUT2D eigenvalue weighted by molar-refractivity contribution is 9.09. The van der Waals surface area contributed by atoms with Gasteiger partial charge in [0.2, 0.25) is 23.6 Å². The number of alkyl halides is 1. The molecule has 5 amide bonds. The number of aliphatic hydroxyl groups is 1. The van der Waals surface area contributed by atoms with E-state index in [9.17, 15) is 33.9 Å². The molecule has 1 fully saturated rings. The first-order chi connectivity index (χ1) is 33.2. The molecule has 2 unspecified atom stereocenters. The molecule has 16 nitrogen and oxygen atoms in total. The second kappa shape index (κ2) is 30.2. The zero-order valence-electron chi connectivity index (χ0n) is 44.1. The molecule has 1 aromatic rings. The third kappa shape index (κ3) is 17.1. The van der Waals surface area contributed by atoms with E-state index in [0.29, 0.717) is 37.9 Å². The average Bonchev–Trinajstić information content (AvgIpc) is 3.82. The highest BCUT2D eigenvalue weighted by Gasteiger charge is 2.44. The number of carbonyl (C=O) groups excluding carboxylic acids is 6. The molecule has 3 N–H and O–H groups in total. The van der Waals surface area contributed by atoms with Crippen LogP contribution < -0.4 is 10.6 Å². The zero-order chi connectivity index (χ0) is 52.2. The fourth-order valence-corrected chi connectivity index (χ4v) is 10.3. The Kier molecular flexibility index (Phi) is 26.1. The van der Waals surface area contributed by atoms with Gasteiger partial charge < -0.3 is 49.4 Å². The van der Waals surface area contributed by atoms with Crippen LogP contribution in [0.5, 0.6) is 0 Å². The number of likely N-dealkylation sites (tertiary alicyclic amines) is 1. The molecule has 1 aliphatic carbocycles. The number of allylic oxidation sites excluding steroid dienone is 1. The number of likely N-dealkylation sites (N-methyl/N-ethyl adjacent to an activating group) is 2. The lowest BCUT2D eigenvalue weighted by molar-refractivity contribution is -0.149. The van der Waals surface area contributed by atoms with Crippen LogP contribution in [-0.2, 0) is 42.9 Å². The van der Waals surface area contributed by atoms with E-state index in [2.05, 4.69) is 26.6 Å². The van der Waals surface area contributed by atoms with Crippen molar-refractivity contribution in [3.63, 3.8) is 0 Å². The van der Waals surface area contributed by atoms with Gasteiger partial charge in [0.1, 0.15) is 6.10 Å². The van der Waals surface area contributed by atoms with E-state index in [1.807, 2.05) is 84.0 Å². The molecule has 1 heterocycles. The highest BCUT2D eigenvalue weighted by atomic mass is 79.9. The molecule has 70 heavy (non-hydrogen) atoms. The first-order valence-corrected chi connectivity index (χ1v) is 26.6. The van der Waals surface area contributed by atoms with Crippen molar-refractivity contribution >= 4 is 51.4 Å². The third-order valence-corrected chi connectivity index (χ3v) is 14.9. The van der Waals surface area contributed by atoms with Gasteiger partial charge in [-0.2, -0.15) is 0 Å². The molecule has 0 bridgehead atoms. The van der Waals surface area contributed by atoms with E-state index in [4.69, 9.17) is 18.9 Å². The predicted molar refractivity (Wildman–Crippen MR) is 274 cm³/mol. The minimum Gasteiger partial charge on any atom is -0.439 e. The lowest BCUT2D eigenvalue weighted by Gasteiger charge is -2.41. The van der Waals surface area contributed by atoms with Crippen LogP contribution in [0.2, 0.25) is 0 Å². The van der Waals surface area contributed by atoms with E-state index < -0.39 is 66.6 Å². The fourth-order valence-electron chi connectivity index (χ4n) is 10.1. The van der Waals surface area contributed by atoms with Crippen LogP contribution >= 0.6 is 15.9 Å². The number of carbonyl (C=O) groups is 6. The Morgan fingerprint density at radius 3 is 2.17 bits per heavy atom. The van der Waals surface area contributed by atoms with Crippen LogP contribution in [0.15, 0.2) is 42.5 Å². The number of benzene rings is 1. The molecule has 1 aliphatic heterocycles. The molecular weight excluding hydrogens is 963 g/mol. The first kappa shape index (κ1) is 60.4. The summed E-state index contributed by atoms with van der Waals surface area (Å²) in [5, 5.41) is 16.8. The highest BCUT2D eigenvalue weighted by Crippen LogP contribution is 2.32. The first-order valence-electron chi connectivity index (χ1n) is 25.5. The summed E-state index contributed by atoms with van der Waals surface area (Å²) in [5.41, 5.74) is 0.691. The number of methoxy groups -OCH3 is 2. The van der Waals surface area contributed by atoms with Crippen molar-refractivity contribution in [2.24, 2.45) is 29.6 Å². The van der Waals surface area contributed by atoms with Gasteiger partial charge in [0.15, 0.2) is 5.78 Å². The van der Waals surface area contributed by atoms with Gasteiger partial charge in [-0.25, -0.2) is 4.79 Å². The minimum absolute atomic E-state index is 0.0274. The van der Waals surface area contributed by atoms with Crippen LogP contribution in [0.4, 0.5) is 4.79 Å². The van der Waals surface area contributed by atoms with Gasteiger partial charge in [-0.15, -0.1) is 0 Å². The summed E-state index contributed by atoms with van der Waals surface area (Å²) in [4.78, 5) is 87.7. The number of hydrogen-bond acceptors (Lipinski definition) is 11. The number of ether oxygens (including phenoxy) is 4. The summed E-state index contributed by atoms with van der Waals surface area (Å²) < 4.78 is 24.3. The lowest BCUT2D eigenvalue weighted by atomic mass is 9.83. The maximum Gasteiger partial charge on any atom is 0.410 e. The number of Topliss-reactive ketones (excluding diaryl/α,β-unsaturated/α-hetero) is 1. The molecule has 1 saturated heterocycles. The number of aliphatic hydroxyl groups excluding tert-OH is 1. The molecule has 17 heteroatoms. The number of rotatable bonds is 27. The Morgan fingerprint density at radius 2 is 1.57 bits per heavy atom. The molecule has 396 valence electrons. The van der Waals surface area contributed by atoms with Crippen molar-refractivity contribution < 1.29 is 52.8 Å². The molecule has 12 atom stereocenters. The monoisotopic (exact) mass is 1050 g/mol. The third-order valence-electron chi connectivity index (χ3n) is 14.4. The van der Waals surface area contributed by atoms with E-state index >= 15 is 0 Å². The van der Waals surface area contributed by atoms with E-state index in [-0.39, 0.29) is 78.0 Å². The summed E-state index contributed by atoms with van der Waals surface area (Å²) >= 11 is 3.14. The quantitative estimate of drug-likeness (QED) is 0.0474. The molecule has 3 rings (SSSR count). The van der Waals surface area contributed by atoms with Crippen LogP contribution in [-0.4, -0.2) is 157 Å². The van der Waals surface area contributed by atoms with Gasteiger partial charge in [0.25, 0.3) is 0 Å². The number of ketones is 1. The van der Waals surface area contributed by atoms with Gasteiger partial charge in [-0.05, 0) is 68.4 Å². The van der Waals surface area contributed by atoms with Gasteiger partial charge in [-0.1, -0.05) is 114 Å². The molecule has 0 spiro atoms. The van der Waals surface area contributed by atoms with Crippen molar-refractivity contribution in [3.05, 3.63) is 48.0 Å². The molecule has 0 aromatic heterocycles. The Morgan fingerprint density at radius 1 is 0.886 bits per heavy atom. The van der Waals surface area contributed by atoms with Gasteiger partial charge in [0, 0.05) is 53.7 Å². The summed E-state index contributed by atoms with van der Waals surface area (Å²) in [5.74, 6) is -3.19.